The lowest BCUT2D eigenvalue weighted by atomic mass is 9.98. The summed E-state index contributed by atoms with van der Waals surface area (Å²) in [4.78, 5) is 36.6. The highest BCUT2D eigenvalue weighted by atomic mass is 16.5. The van der Waals surface area contributed by atoms with Crippen molar-refractivity contribution in [2.24, 2.45) is 0 Å². The van der Waals surface area contributed by atoms with Crippen LogP contribution in [0.3, 0.4) is 0 Å². The third-order valence-electron chi connectivity index (χ3n) is 6.72. The Bertz CT molecular complexity index is 1540. The lowest BCUT2D eigenvalue weighted by Gasteiger charge is -2.19. The van der Waals surface area contributed by atoms with Crippen molar-refractivity contribution >= 4 is 45.6 Å². The molecule has 1 aliphatic heterocycles. The third-order valence-corrected chi connectivity index (χ3v) is 6.72. The first kappa shape index (κ1) is 25.1. The summed E-state index contributed by atoms with van der Waals surface area (Å²) >= 11 is 0. The Morgan fingerprint density at radius 3 is 2.34 bits per heavy atom. The summed E-state index contributed by atoms with van der Waals surface area (Å²) in [6.07, 6.45) is 3.30. The Hall–Kier alpha value is -4.56. The van der Waals surface area contributed by atoms with Gasteiger partial charge in [-0.3, -0.25) is 19.7 Å². The molecular weight excluding hydrogens is 478 g/mol. The fraction of sp³-hybridized carbons (Fsp3) is 0.200. The zero-order chi connectivity index (χ0) is 26.6. The van der Waals surface area contributed by atoms with Gasteiger partial charge in [-0.05, 0) is 55.1 Å². The van der Waals surface area contributed by atoms with Crippen molar-refractivity contribution in [3.63, 3.8) is 0 Å². The number of fused-ring (bicyclic) bond motifs is 2. The number of rotatable bonds is 8. The molecule has 4 aromatic rings. The number of nitrogens with one attached hydrogen (secondary N) is 2. The van der Waals surface area contributed by atoms with Crippen molar-refractivity contribution in [2.75, 3.05) is 30.8 Å². The molecule has 0 saturated carbocycles. The van der Waals surface area contributed by atoms with Gasteiger partial charge in [0.25, 0.3) is 5.91 Å². The van der Waals surface area contributed by atoms with Crippen LogP contribution in [0.25, 0.3) is 22.3 Å². The van der Waals surface area contributed by atoms with E-state index in [1.807, 2.05) is 30.3 Å². The molecule has 38 heavy (non-hydrogen) atoms. The number of benzene rings is 3. The monoisotopic (exact) mass is 507 g/mol. The van der Waals surface area contributed by atoms with Gasteiger partial charge in [0.1, 0.15) is 0 Å². The van der Waals surface area contributed by atoms with Crippen LogP contribution in [0.2, 0.25) is 0 Å². The van der Waals surface area contributed by atoms with Crippen LogP contribution in [0.4, 0.5) is 11.4 Å². The molecule has 0 fully saturated rings. The van der Waals surface area contributed by atoms with Crippen LogP contribution in [0.15, 0.2) is 73.1 Å². The van der Waals surface area contributed by atoms with Gasteiger partial charge in [-0.25, -0.2) is 4.79 Å². The first-order valence-electron chi connectivity index (χ1n) is 12.6. The van der Waals surface area contributed by atoms with Gasteiger partial charge in [0, 0.05) is 35.8 Å². The Balaban J connectivity index is 1.59. The summed E-state index contributed by atoms with van der Waals surface area (Å²) in [6, 6.07) is 19.0. The zero-order valence-electron chi connectivity index (χ0n) is 21.6. The number of amides is 1. The van der Waals surface area contributed by atoms with Crippen LogP contribution in [-0.2, 0) is 16.1 Å². The van der Waals surface area contributed by atoms with Gasteiger partial charge in [-0.2, -0.15) is 0 Å². The number of anilines is 2. The number of hydrogen-bond acceptors (Lipinski definition) is 7. The van der Waals surface area contributed by atoms with Gasteiger partial charge in [-0.15, -0.1) is 0 Å². The SMILES string of the molecule is CCN(CC)Cc1ccc(NC(=C2C(=O)Nc3cc(C(=O)OC)ccc32)c2ccc3nccnc3c2)cc1. The van der Waals surface area contributed by atoms with E-state index in [4.69, 9.17) is 4.74 Å². The maximum atomic E-state index is 13.3. The van der Waals surface area contributed by atoms with E-state index in [0.29, 0.717) is 28.1 Å². The number of hydrogen-bond donors (Lipinski definition) is 2. The second kappa shape index (κ2) is 10.8. The van der Waals surface area contributed by atoms with Crippen LogP contribution in [-0.4, -0.2) is 46.9 Å². The van der Waals surface area contributed by atoms with Gasteiger partial charge in [0.2, 0.25) is 0 Å². The van der Waals surface area contributed by atoms with Gasteiger partial charge in [0.05, 0.1) is 40.7 Å². The predicted molar refractivity (Wildman–Crippen MR) is 149 cm³/mol. The normalized spacial score (nSPS) is 13.8. The molecule has 3 aromatic carbocycles. The molecule has 2 N–H and O–H groups in total. The van der Waals surface area contributed by atoms with Crippen molar-refractivity contribution in [1.82, 2.24) is 14.9 Å². The number of carbonyl (C=O) groups excluding carboxylic acids is 2. The number of nitrogens with zero attached hydrogens (tertiary/aromatic N) is 3. The van der Waals surface area contributed by atoms with Gasteiger partial charge < -0.3 is 15.4 Å². The van der Waals surface area contributed by atoms with E-state index in [2.05, 4.69) is 51.5 Å². The lowest BCUT2D eigenvalue weighted by molar-refractivity contribution is -0.110. The summed E-state index contributed by atoms with van der Waals surface area (Å²) in [5.41, 5.74) is 7.08. The topological polar surface area (TPSA) is 96.5 Å². The first-order valence-corrected chi connectivity index (χ1v) is 12.6. The minimum Gasteiger partial charge on any atom is -0.465 e. The van der Waals surface area contributed by atoms with E-state index in [-0.39, 0.29) is 5.91 Å². The molecule has 0 atom stereocenters. The van der Waals surface area contributed by atoms with E-state index in [1.165, 1.54) is 12.7 Å². The van der Waals surface area contributed by atoms with Gasteiger partial charge >= 0.3 is 5.97 Å². The molecule has 1 amide bonds. The fourth-order valence-corrected chi connectivity index (χ4v) is 4.61. The molecular formula is C30H29N5O3. The minimum atomic E-state index is -0.462. The average molecular weight is 508 g/mol. The van der Waals surface area contributed by atoms with E-state index < -0.39 is 5.97 Å². The zero-order valence-corrected chi connectivity index (χ0v) is 21.6. The third kappa shape index (κ3) is 4.99. The Morgan fingerprint density at radius 2 is 1.63 bits per heavy atom. The molecule has 1 aliphatic rings. The van der Waals surface area contributed by atoms with Crippen LogP contribution in [0, 0.1) is 0 Å². The molecule has 8 nitrogen and oxygen atoms in total. The van der Waals surface area contributed by atoms with Crippen molar-refractivity contribution in [1.29, 1.82) is 0 Å². The molecule has 0 radical (unpaired) electrons. The lowest BCUT2D eigenvalue weighted by Crippen LogP contribution is -2.22. The number of methoxy groups -OCH3 is 1. The van der Waals surface area contributed by atoms with Gasteiger partial charge in [-0.1, -0.05) is 38.1 Å². The highest BCUT2D eigenvalue weighted by Crippen LogP contribution is 2.38. The van der Waals surface area contributed by atoms with E-state index in [1.54, 1.807) is 30.6 Å². The number of esters is 1. The number of aromatic nitrogens is 2. The molecule has 0 saturated heterocycles. The molecule has 0 spiro atoms. The Morgan fingerprint density at radius 1 is 0.921 bits per heavy atom. The number of carbonyl (C=O) groups is 2. The fourth-order valence-electron chi connectivity index (χ4n) is 4.61. The molecule has 2 heterocycles. The summed E-state index contributed by atoms with van der Waals surface area (Å²) in [7, 11) is 1.33. The molecule has 0 bridgehead atoms. The van der Waals surface area contributed by atoms with E-state index >= 15 is 0 Å². The highest BCUT2D eigenvalue weighted by Gasteiger charge is 2.29. The average Bonchev–Trinajstić information content (AvgIpc) is 3.29. The molecule has 0 unspecified atom stereocenters. The second-order valence-corrected chi connectivity index (χ2v) is 9.00. The maximum Gasteiger partial charge on any atom is 0.337 e. The molecule has 0 aliphatic carbocycles. The van der Waals surface area contributed by atoms with Crippen molar-refractivity contribution in [3.05, 3.63) is 95.3 Å². The first-order chi connectivity index (χ1) is 18.5. The summed E-state index contributed by atoms with van der Waals surface area (Å²) in [5.74, 6) is -0.724. The maximum absolute atomic E-state index is 13.3. The minimum absolute atomic E-state index is 0.262. The molecule has 1 aromatic heterocycles. The largest absolute Gasteiger partial charge is 0.465 e. The highest BCUT2D eigenvalue weighted by molar-refractivity contribution is 6.37. The summed E-state index contributed by atoms with van der Waals surface area (Å²) < 4.78 is 4.84. The second-order valence-electron chi connectivity index (χ2n) is 9.00. The molecule has 5 rings (SSSR count). The van der Waals surface area contributed by atoms with Crippen LogP contribution >= 0.6 is 0 Å². The smallest absolute Gasteiger partial charge is 0.337 e. The summed E-state index contributed by atoms with van der Waals surface area (Å²) in [5, 5.41) is 6.40. The predicted octanol–water partition coefficient (Wildman–Crippen LogP) is 5.19. The van der Waals surface area contributed by atoms with Crippen molar-refractivity contribution in [2.45, 2.75) is 20.4 Å². The quantitative estimate of drug-likeness (QED) is 0.250. The number of ether oxygens (including phenoxy) is 1. The van der Waals surface area contributed by atoms with E-state index in [0.717, 1.165) is 41.9 Å². The molecule has 8 heteroatoms. The van der Waals surface area contributed by atoms with Crippen LogP contribution in [0.1, 0.15) is 40.9 Å². The van der Waals surface area contributed by atoms with Gasteiger partial charge in [0.15, 0.2) is 0 Å². The standard InChI is InChI=1S/C30H29N5O3/c1-4-35(5-2)18-19-6-10-22(11-7-19)33-28(20-9-13-24-26(16-20)32-15-14-31-24)27-23-12-8-21(30(37)38-3)17-25(23)34-29(27)36/h6-17,33H,4-5,18H2,1-3H3,(H,34,36). The summed E-state index contributed by atoms with van der Waals surface area (Å²) in [6.45, 7) is 7.17. The Labute approximate surface area is 221 Å². The van der Waals surface area contributed by atoms with Crippen LogP contribution < -0.4 is 10.6 Å². The van der Waals surface area contributed by atoms with E-state index in [9.17, 15) is 9.59 Å². The van der Waals surface area contributed by atoms with Crippen molar-refractivity contribution < 1.29 is 14.3 Å². The van der Waals surface area contributed by atoms with Crippen LogP contribution in [0.5, 0.6) is 0 Å². The van der Waals surface area contributed by atoms with Crippen molar-refractivity contribution in [3.8, 4) is 0 Å². The Kier molecular flexibility index (Phi) is 7.15. The molecule has 192 valence electrons.